The van der Waals surface area contributed by atoms with Crippen LogP contribution in [0.5, 0.6) is 0 Å². The van der Waals surface area contributed by atoms with Crippen molar-refractivity contribution in [2.45, 2.75) is 5.25 Å². The van der Waals surface area contributed by atoms with Gasteiger partial charge in [-0.1, -0.05) is 22.5 Å². The Hall–Kier alpha value is 0.570. The SMILES string of the molecule is C=C(Br)C1CS1. The molecule has 0 bridgehead atoms. The first-order valence-corrected chi connectivity index (χ1v) is 3.61. The van der Waals surface area contributed by atoms with E-state index >= 15 is 0 Å². The molecule has 34 valence electrons. The number of rotatable bonds is 1. The molecule has 0 radical (unpaired) electrons. The molecular formula is C4H5BrS. The Labute approximate surface area is 50.1 Å². The molecule has 1 heterocycles. The lowest BCUT2D eigenvalue weighted by molar-refractivity contribution is 1.40. The molecule has 1 fully saturated rings. The zero-order valence-electron chi connectivity index (χ0n) is 3.28. The van der Waals surface area contributed by atoms with Gasteiger partial charge in [0, 0.05) is 15.5 Å². The molecule has 1 rings (SSSR count). The molecular weight excluding hydrogens is 160 g/mol. The van der Waals surface area contributed by atoms with Gasteiger partial charge in [0.1, 0.15) is 0 Å². The molecule has 0 spiro atoms. The van der Waals surface area contributed by atoms with Gasteiger partial charge in [-0.3, -0.25) is 0 Å². The molecule has 1 aliphatic rings. The summed E-state index contributed by atoms with van der Waals surface area (Å²) in [4.78, 5) is 0. The van der Waals surface area contributed by atoms with Crippen molar-refractivity contribution in [2.24, 2.45) is 0 Å². The van der Waals surface area contributed by atoms with Crippen molar-refractivity contribution in [1.82, 2.24) is 0 Å². The van der Waals surface area contributed by atoms with E-state index in [2.05, 4.69) is 22.5 Å². The highest BCUT2D eigenvalue weighted by Gasteiger charge is 2.23. The highest BCUT2D eigenvalue weighted by atomic mass is 79.9. The number of hydrogen-bond donors (Lipinski definition) is 0. The van der Waals surface area contributed by atoms with Gasteiger partial charge < -0.3 is 0 Å². The minimum atomic E-state index is 0.741. The average molecular weight is 165 g/mol. The van der Waals surface area contributed by atoms with Crippen molar-refractivity contribution >= 4 is 27.7 Å². The Bertz CT molecular complexity index is 75.6. The smallest absolute Gasteiger partial charge is 0.0448 e. The molecule has 1 unspecified atom stereocenters. The predicted octanol–water partition coefficient (Wildman–Crippen LogP) is 2.01. The van der Waals surface area contributed by atoms with Crippen LogP contribution in [0.2, 0.25) is 0 Å². The lowest BCUT2D eigenvalue weighted by Crippen LogP contribution is -1.73. The average Bonchev–Trinajstić information content (AvgIpc) is 2.06. The maximum absolute atomic E-state index is 3.71. The van der Waals surface area contributed by atoms with Crippen molar-refractivity contribution in [2.75, 3.05) is 5.75 Å². The standard InChI is InChI=1S/C4H5BrS/c1-3(5)4-2-6-4/h4H,1-2H2. The van der Waals surface area contributed by atoms with Crippen LogP contribution in [-0.2, 0) is 0 Å². The van der Waals surface area contributed by atoms with Crippen LogP contribution >= 0.6 is 27.7 Å². The fraction of sp³-hybridized carbons (Fsp3) is 0.500. The Morgan fingerprint density at radius 1 is 2.00 bits per heavy atom. The van der Waals surface area contributed by atoms with Crippen molar-refractivity contribution < 1.29 is 0 Å². The molecule has 0 aromatic carbocycles. The van der Waals surface area contributed by atoms with E-state index in [9.17, 15) is 0 Å². The normalized spacial score (nSPS) is 29.8. The summed E-state index contributed by atoms with van der Waals surface area (Å²) < 4.78 is 1.15. The van der Waals surface area contributed by atoms with E-state index in [1.807, 2.05) is 11.8 Å². The molecule has 0 N–H and O–H groups in total. The van der Waals surface area contributed by atoms with Gasteiger partial charge >= 0.3 is 0 Å². The summed E-state index contributed by atoms with van der Waals surface area (Å²) in [7, 11) is 0. The minimum absolute atomic E-state index is 0.741. The summed E-state index contributed by atoms with van der Waals surface area (Å²) in [5.74, 6) is 1.27. The molecule has 0 amide bonds. The molecule has 1 saturated heterocycles. The quantitative estimate of drug-likeness (QED) is 0.535. The van der Waals surface area contributed by atoms with Crippen LogP contribution in [0, 0.1) is 0 Å². The van der Waals surface area contributed by atoms with Crippen LogP contribution in [-0.4, -0.2) is 11.0 Å². The topological polar surface area (TPSA) is 0 Å². The van der Waals surface area contributed by atoms with Crippen molar-refractivity contribution in [1.29, 1.82) is 0 Å². The highest BCUT2D eigenvalue weighted by molar-refractivity contribution is 9.12. The molecule has 6 heavy (non-hydrogen) atoms. The Kier molecular flexibility index (Phi) is 1.25. The second-order valence-corrected chi connectivity index (χ2v) is 3.52. The third-order valence-electron chi connectivity index (χ3n) is 0.683. The van der Waals surface area contributed by atoms with Crippen LogP contribution in [0.3, 0.4) is 0 Å². The van der Waals surface area contributed by atoms with Gasteiger partial charge in [0.15, 0.2) is 0 Å². The monoisotopic (exact) mass is 164 g/mol. The van der Waals surface area contributed by atoms with Crippen LogP contribution in [0.4, 0.5) is 0 Å². The number of hydrogen-bond acceptors (Lipinski definition) is 1. The van der Waals surface area contributed by atoms with Gasteiger partial charge in [0.05, 0.1) is 0 Å². The summed E-state index contributed by atoms with van der Waals surface area (Å²) in [5, 5.41) is 0.741. The van der Waals surface area contributed by atoms with Gasteiger partial charge in [-0.2, -0.15) is 11.8 Å². The summed E-state index contributed by atoms with van der Waals surface area (Å²) in [6.07, 6.45) is 0. The summed E-state index contributed by atoms with van der Waals surface area (Å²) >= 11 is 5.22. The molecule has 1 aliphatic heterocycles. The van der Waals surface area contributed by atoms with E-state index in [1.54, 1.807) is 0 Å². The lowest BCUT2D eigenvalue weighted by atomic mass is 10.5. The third-order valence-corrected chi connectivity index (χ3v) is 2.49. The first-order chi connectivity index (χ1) is 2.80. The maximum atomic E-state index is 3.71. The van der Waals surface area contributed by atoms with Gasteiger partial charge in [0.25, 0.3) is 0 Å². The van der Waals surface area contributed by atoms with Gasteiger partial charge in [-0.15, -0.1) is 0 Å². The van der Waals surface area contributed by atoms with Crippen molar-refractivity contribution in [3.05, 3.63) is 11.1 Å². The van der Waals surface area contributed by atoms with Crippen molar-refractivity contribution in [3.63, 3.8) is 0 Å². The first kappa shape index (κ1) is 4.72. The summed E-state index contributed by atoms with van der Waals surface area (Å²) in [6.45, 7) is 3.71. The molecule has 2 heteroatoms. The highest BCUT2D eigenvalue weighted by Crippen LogP contribution is 2.37. The molecule has 0 aromatic heterocycles. The largest absolute Gasteiger partial charge is 0.151 e. The zero-order valence-corrected chi connectivity index (χ0v) is 5.68. The maximum Gasteiger partial charge on any atom is 0.0448 e. The van der Waals surface area contributed by atoms with Gasteiger partial charge in [0.2, 0.25) is 0 Å². The molecule has 0 aliphatic carbocycles. The summed E-state index contributed by atoms with van der Waals surface area (Å²) in [6, 6.07) is 0. The molecule has 1 atom stereocenters. The second-order valence-electron chi connectivity index (χ2n) is 1.27. The first-order valence-electron chi connectivity index (χ1n) is 1.76. The van der Waals surface area contributed by atoms with Crippen LogP contribution < -0.4 is 0 Å². The fourth-order valence-electron chi connectivity index (χ4n) is 0.229. The molecule has 0 aromatic rings. The fourth-order valence-corrected chi connectivity index (χ4v) is 1.48. The number of thioether (sulfide) groups is 1. The Morgan fingerprint density at radius 2 is 2.50 bits per heavy atom. The van der Waals surface area contributed by atoms with E-state index in [0.29, 0.717) is 0 Å². The minimum Gasteiger partial charge on any atom is -0.151 e. The van der Waals surface area contributed by atoms with Crippen LogP contribution in [0.15, 0.2) is 11.1 Å². The predicted molar refractivity (Wildman–Crippen MR) is 34.3 cm³/mol. The second kappa shape index (κ2) is 1.58. The van der Waals surface area contributed by atoms with Gasteiger partial charge in [-0.25, -0.2) is 0 Å². The Balaban J connectivity index is 2.31. The van der Waals surface area contributed by atoms with Crippen LogP contribution in [0.1, 0.15) is 0 Å². The third kappa shape index (κ3) is 1.02. The van der Waals surface area contributed by atoms with E-state index in [-0.39, 0.29) is 0 Å². The van der Waals surface area contributed by atoms with E-state index < -0.39 is 0 Å². The molecule has 0 saturated carbocycles. The van der Waals surface area contributed by atoms with E-state index in [0.717, 1.165) is 9.73 Å². The van der Waals surface area contributed by atoms with Gasteiger partial charge in [-0.05, 0) is 0 Å². The Morgan fingerprint density at radius 3 is 2.50 bits per heavy atom. The lowest BCUT2D eigenvalue weighted by Gasteiger charge is -1.79. The van der Waals surface area contributed by atoms with Crippen molar-refractivity contribution in [3.8, 4) is 0 Å². The summed E-state index contributed by atoms with van der Waals surface area (Å²) in [5.41, 5.74) is 0. The molecule has 0 nitrogen and oxygen atoms in total. The number of halogens is 1. The van der Waals surface area contributed by atoms with Crippen LogP contribution in [0.25, 0.3) is 0 Å². The van der Waals surface area contributed by atoms with E-state index in [4.69, 9.17) is 0 Å². The van der Waals surface area contributed by atoms with E-state index in [1.165, 1.54) is 5.75 Å². The zero-order chi connectivity index (χ0) is 4.57.